The quantitative estimate of drug-likeness (QED) is 0.624. The molecule has 1 saturated carbocycles. The van der Waals surface area contributed by atoms with Gasteiger partial charge in [0, 0.05) is 6.04 Å². The van der Waals surface area contributed by atoms with Crippen LogP contribution in [0.3, 0.4) is 0 Å². The highest BCUT2D eigenvalue weighted by molar-refractivity contribution is 7.99. The van der Waals surface area contributed by atoms with Gasteiger partial charge in [-0.25, -0.2) is 0 Å². The average Bonchev–Trinajstić information content (AvgIpc) is 2.32. The highest BCUT2D eigenvalue weighted by atomic mass is 32.2. The Morgan fingerprint density at radius 3 is 2.90 bits per heavy atom. The minimum atomic E-state index is 0.443. The van der Waals surface area contributed by atoms with Gasteiger partial charge in [0.15, 0.2) is 0 Å². The van der Waals surface area contributed by atoms with Crippen molar-refractivity contribution in [1.29, 1.82) is 0 Å². The molecular weight excluding hydrogens is 142 g/mol. The lowest BCUT2D eigenvalue weighted by atomic mass is 10.0. The minimum absolute atomic E-state index is 0.443. The molecule has 0 aromatic rings. The Morgan fingerprint density at radius 1 is 1.70 bits per heavy atom. The van der Waals surface area contributed by atoms with Crippen LogP contribution in [0.15, 0.2) is 0 Å². The minimum Gasteiger partial charge on any atom is -0.328 e. The first kappa shape index (κ1) is 6.99. The fraction of sp³-hybridized carbons (Fsp3) is 1.00. The fourth-order valence-corrected chi connectivity index (χ4v) is 3.78. The van der Waals surface area contributed by atoms with Crippen LogP contribution in [0.2, 0.25) is 0 Å². The van der Waals surface area contributed by atoms with Crippen molar-refractivity contribution >= 4 is 11.8 Å². The lowest BCUT2D eigenvalue weighted by molar-refractivity contribution is 0.472. The van der Waals surface area contributed by atoms with Crippen molar-refractivity contribution in [1.82, 2.24) is 0 Å². The van der Waals surface area contributed by atoms with Crippen molar-refractivity contribution in [3.05, 3.63) is 0 Å². The number of rotatable bonds is 1. The molecule has 2 heteroatoms. The van der Waals surface area contributed by atoms with Crippen LogP contribution in [-0.4, -0.2) is 17.5 Å². The predicted molar refractivity (Wildman–Crippen MR) is 46.1 cm³/mol. The van der Waals surface area contributed by atoms with Gasteiger partial charge in [-0.15, -0.1) is 0 Å². The van der Waals surface area contributed by atoms with Gasteiger partial charge < -0.3 is 5.73 Å². The Balaban J connectivity index is 1.97. The summed E-state index contributed by atoms with van der Waals surface area (Å²) < 4.78 is 0. The topological polar surface area (TPSA) is 26.0 Å². The summed E-state index contributed by atoms with van der Waals surface area (Å²) in [6.45, 7) is 2.16. The number of thioether (sulfide) groups is 1. The van der Waals surface area contributed by atoms with E-state index in [1.807, 2.05) is 0 Å². The largest absolute Gasteiger partial charge is 0.328 e. The van der Waals surface area contributed by atoms with Crippen LogP contribution in [-0.2, 0) is 0 Å². The zero-order chi connectivity index (χ0) is 7.19. The third kappa shape index (κ3) is 0.892. The van der Waals surface area contributed by atoms with Gasteiger partial charge in [-0.1, -0.05) is 0 Å². The van der Waals surface area contributed by atoms with Gasteiger partial charge in [-0.3, -0.25) is 0 Å². The lowest BCUT2D eigenvalue weighted by Gasteiger charge is -2.09. The van der Waals surface area contributed by atoms with Crippen molar-refractivity contribution in [2.75, 3.05) is 11.5 Å². The van der Waals surface area contributed by atoms with Gasteiger partial charge in [0.1, 0.15) is 0 Å². The van der Waals surface area contributed by atoms with E-state index in [1.54, 1.807) is 0 Å². The van der Waals surface area contributed by atoms with Crippen molar-refractivity contribution < 1.29 is 0 Å². The molecule has 1 nitrogen and oxygen atoms in total. The van der Waals surface area contributed by atoms with E-state index in [-0.39, 0.29) is 0 Å². The van der Waals surface area contributed by atoms with Crippen molar-refractivity contribution in [2.45, 2.75) is 25.8 Å². The summed E-state index contributed by atoms with van der Waals surface area (Å²) in [6.07, 6.45) is 2.85. The molecule has 0 bridgehead atoms. The molecule has 58 valence electrons. The van der Waals surface area contributed by atoms with Gasteiger partial charge in [0.05, 0.1) is 0 Å². The van der Waals surface area contributed by atoms with Crippen LogP contribution in [0.1, 0.15) is 19.8 Å². The molecule has 1 aliphatic heterocycles. The Kier molecular flexibility index (Phi) is 1.50. The van der Waals surface area contributed by atoms with Crippen molar-refractivity contribution in [3.63, 3.8) is 0 Å². The summed E-state index contributed by atoms with van der Waals surface area (Å²) in [5.74, 6) is 3.63. The lowest BCUT2D eigenvalue weighted by Crippen LogP contribution is -2.21. The van der Waals surface area contributed by atoms with E-state index in [0.717, 1.165) is 11.3 Å². The van der Waals surface area contributed by atoms with Crippen LogP contribution < -0.4 is 5.73 Å². The van der Waals surface area contributed by atoms with E-state index in [4.69, 9.17) is 5.73 Å². The van der Waals surface area contributed by atoms with Gasteiger partial charge in [0.25, 0.3) is 0 Å². The Labute approximate surface area is 66.7 Å². The molecule has 0 amide bonds. The Hall–Kier alpha value is 0.310. The maximum atomic E-state index is 5.84. The SMILES string of the molecule is CC(N)C1CC12CCSC2. The molecule has 0 radical (unpaired) electrons. The van der Waals surface area contributed by atoms with Crippen molar-refractivity contribution in [3.8, 4) is 0 Å². The highest BCUT2D eigenvalue weighted by Crippen LogP contribution is 2.61. The maximum absolute atomic E-state index is 5.84. The third-order valence-corrected chi connectivity index (χ3v) is 4.29. The number of hydrogen-bond acceptors (Lipinski definition) is 2. The first-order valence-corrected chi connectivity index (χ1v) is 5.23. The fourth-order valence-electron chi connectivity index (χ4n) is 2.20. The molecule has 1 aliphatic carbocycles. The Morgan fingerprint density at radius 2 is 2.50 bits per heavy atom. The van der Waals surface area contributed by atoms with E-state index in [0.29, 0.717) is 6.04 Å². The van der Waals surface area contributed by atoms with E-state index < -0.39 is 0 Å². The average molecular weight is 157 g/mol. The molecule has 2 fully saturated rings. The normalized spacial score (nSPS) is 48.0. The third-order valence-electron chi connectivity index (χ3n) is 3.02. The summed E-state index contributed by atoms with van der Waals surface area (Å²) in [5.41, 5.74) is 6.56. The zero-order valence-corrected chi connectivity index (χ0v) is 7.29. The molecule has 2 rings (SSSR count). The van der Waals surface area contributed by atoms with Gasteiger partial charge >= 0.3 is 0 Å². The van der Waals surface area contributed by atoms with Crippen LogP contribution >= 0.6 is 11.8 Å². The summed E-state index contributed by atoms with van der Waals surface area (Å²) >= 11 is 2.11. The molecule has 2 N–H and O–H groups in total. The molecule has 3 unspecified atom stereocenters. The molecule has 3 atom stereocenters. The summed E-state index contributed by atoms with van der Waals surface area (Å²) in [6, 6.07) is 0.443. The predicted octanol–water partition coefficient (Wildman–Crippen LogP) is 1.48. The standard InChI is InChI=1S/C8H15NS/c1-6(9)7-4-8(7)2-3-10-5-8/h6-7H,2-5,9H2,1H3. The zero-order valence-electron chi connectivity index (χ0n) is 6.47. The van der Waals surface area contributed by atoms with Gasteiger partial charge in [-0.2, -0.15) is 11.8 Å². The van der Waals surface area contributed by atoms with E-state index in [1.165, 1.54) is 24.3 Å². The smallest absolute Gasteiger partial charge is 0.00445 e. The second-order valence-electron chi connectivity index (χ2n) is 3.83. The molecule has 2 aliphatic rings. The molecule has 1 heterocycles. The summed E-state index contributed by atoms with van der Waals surface area (Å²) in [4.78, 5) is 0. The molecule has 0 aromatic carbocycles. The van der Waals surface area contributed by atoms with Crippen molar-refractivity contribution in [2.24, 2.45) is 17.1 Å². The maximum Gasteiger partial charge on any atom is 0.00445 e. The Bertz CT molecular complexity index is 138. The number of hydrogen-bond donors (Lipinski definition) is 1. The van der Waals surface area contributed by atoms with Crippen LogP contribution in [0.25, 0.3) is 0 Å². The summed E-state index contributed by atoms with van der Waals surface area (Å²) in [5, 5.41) is 0. The molecule has 10 heavy (non-hydrogen) atoms. The van der Waals surface area contributed by atoms with E-state index in [2.05, 4.69) is 18.7 Å². The molecular formula is C8H15NS. The van der Waals surface area contributed by atoms with E-state index in [9.17, 15) is 0 Å². The summed E-state index contributed by atoms with van der Waals surface area (Å²) in [7, 11) is 0. The van der Waals surface area contributed by atoms with Crippen LogP contribution in [0.5, 0.6) is 0 Å². The van der Waals surface area contributed by atoms with Gasteiger partial charge in [-0.05, 0) is 42.6 Å². The second-order valence-corrected chi connectivity index (χ2v) is 4.94. The molecule has 0 aromatic heterocycles. The molecule has 1 spiro atoms. The van der Waals surface area contributed by atoms with E-state index >= 15 is 0 Å². The molecule has 1 saturated heterocycles. The first-order chi connectivity index (χ1) is 4.75. The highest BCUT2D eigenvalue weighted by Gasteiger charge is 2.56. The van der Waals surface area contributed by atoms with Crippen LogP contribution in [0, 0.1) is 11.3 Å². The first-order valence-electron chi connectivity index (χ1n) is 4.08. The number of nitrogens with two attached hydrogens (primary N) is 1. The van der Waals surface area contributed by atoms with Gasteiger partial charge in [0.2, 0.25) is 0 Å². The second kappa shape index (κ2) is 2.15. The van der Waals surface area contributed by atoms with Crippen LogP contribution in [0.4, 0.5) is 0 Å². The monoisotopic (exact) mass is 157 g/mol.